The van der Waals surface area contributed by atoms with Crippen molar-refractivity contribution >= 4 is 6.29 Å². The van der Waals surface area contributed by atoms with Crippen molar-refractivity contribution in [1.82, 2.24) is 0 Å². The van der Waals surface area contributed by atoms with E-state index in [1.807, 2.05) is 0 Å². The van der Waals surface area contributed by atoms with Crippen LogP contribution in [0.15, 0.2) is 12.1 Å². The van der Waals surface area contributed by atoms with Gasteiger partial charge in [-0.3, -0.25) is 4.79 Å². The molecule has 1 rings (SSSR count). The fourth-order valence-corrected chi connectivity index (χ4v) is 1.24. The summed E-state index contributed by atoms with van der Waals surface area (Å²) in [5, 5.41) is 0. The van der Waals surface area contributed by atoms with E-state index in [-0.39, 0.29) is 17.8 Å². The van der Waals surface area contributed by atoms with Gasteiger partial charge in [-0.15, -0.1) is 0 Å². The molecule has 0 radical (unpaired) electrons. The molecule has 0 saturated heterocycles. The Morgan fingerprint density at radius 2 is 1.81 bits per heavy atom. The van der Waals surface area contributed by atoms with E-state index in [2.05, 4.69) is 0 Å². The van der Waals surface area contributed by atoms with Crippen molar-refractivity contribution in [1.29, 1.82) is 0 Å². The van der Waals surface area contributed by atoms with E-state index in [1.165, 1.54) is 20.3 Å². The molecule has 16 heavy (non-hydrogen) atoms. The molecule has 0 aliphatic heterocycles. The van der Waals surface area contributed by atoms with Gasteiger partial charge in [0, 0.05) is 6.07 Å². The Bertz CT molecular complexity index is 399. The van der Waals surface area contributed by atoms with Crippen LogP contribution < -0.4 is 9.47 Å². The summed E-state index contributed by atoms with van der Waals surface area (Å²) in [6.45, 7) is 0. The number of hydrogen-bond acceptors (Lipinski definition) is 3. The van der Waals surface area contributed by atoms with E-state index in [0.717, 1.165) is 6.07 Å². The summed E-state index contributed by atoms with van der Waals surface area (Å²) in [7, 11) is 2.41. The Labute approximate surface area is 89.8 Å². The molecule has 0 unspecified atom stereocenters. The highest BCUT2D eigenvalue weighted by atomic mass is 19.4. The predicted molar refractivity (Wildman–Crippen MR) is 49.9 cm³/mol. The molecule has 0 bridgehead atoms. The lowest BCUT2D eigenvalue weighted by atomic mass is 10.1. The first kappa shape index (κ1) is 12.4. The first-order chi connectivity index (χ1) is 7.43. The van der Waals surface area contributed by atoms with E-state index in [4.69, 9.17) is 9.47 Å². The van der Waals surface area contributed by atoms with Gasteiger partial charge in [-0.25, -0.2) is 0 Å². The second kappa shape index (κ2) is 4.42. The monoisotopic (exact) mass is 234 g/mol. The van der Waals surface area contributed by atoms with Crippen LogP contribution in [0.4, 0.5) is 13.2 Å². The van der Waals surface area contributed by atoms with Crippen LogP contribution in [0.2, 0.25) is 0 Å². The summed E-state index contributed by atoms with van der Waals surface area (Å²) in [6, 6.07) is 1.98. The lowest BCUT2D eigenvalue weighted by molar-refractivity contribution is -0.138. The van der Waals surface area contributed by atoms with Crippen molar-refractivity contribution < 1.29 is 27.4 Å². The average Bonchev–Trinajstić information content (AvgIpc) is 2.25. The van der Waals surface area contributed by atoms with Crippen LogP contribution in [-0.4, -0.2) is 20.5 Å². The molecule has 1 aromatic carbocycles. The quantitative estimate of drug-likeness (QED) is 0.754. The van der Waals surface area contributed by atoms with E-state index in [1.54, 1.807) is 0 Å². The van der Waals surface area contributed by atoms with Gasteiger partial charge in [0.15, 0.2) is 6.29 Å². The number of carbonyl (C=O) groups is 1. The maximum absolute atomic E-state index is 12.6. The number of carbonyl (C=O) groups excluding carboxylic acids is 1. The molecule has 0 aromatic heterocycles. The topological polar surface area (TPSA) is 35.5 Å². The van der Waals surface area contributed by atoms with Crippen molar-refractivity contribution in [2.45, 2.75) is 6.18 Å². The Kier molecular flexibility index (Phi) is 3.41. The average molecular weight is 234 g/mol. The SMILES string of the molecule is COc1cc(OC)c(C=O)c(C(F)(F)F)c1. The maximum Gasteiger partial charge on any atom is 0.417 e. The largest absolute Gasteiger partial charge is 0.497 e. The molecule has 3 nitrogen and oxygen atoms in total. The Morgan fingerprint density at radius 1 is 1.19 bits per heavy atom. The smallest absolute Gasteiger partial charge is 0.417 e. The molecule has 88 valence electrons. The zero-order valence-electron chi connectivity index (χ0n) is 8.59. The van der Waals surface area contributed by atoms with Crippen LogP contribution in [0.25, 0.3) is 0 Å². The zero-order chi connectivity index (χ0) is 12.3. The molecule has 6 heteroatoms. The molecule has 0 saturated carbocycles. The molecular weight excluding hydrogens is 225 g/mol. The summed E-state index contributed by atoms with van der Waals surface area (Å²) in [5.74, 6) is -0.184. The van der Waals surface area contributed by atoms with Crippen molar-refractivity contribution in [3.8, 4) is 11.5 Å². The molecule has 0 heterocycles. The third-order valence-electron chi connectivity index (χ3n) is 1.99. The molecule has 0 aliphatic carbocycles. The minimum Gasteiger partial charge on any atom is -0.497 e. The standard InChI is InChI=1S/C10H9F3O3/c1-15-6-3-8(10(11,12)13)7(5-14)9(4-6)16-2/h3-5H,1-2H3. The van der Waals surface area contributed by atoms with Crippen LogP contribution in [0.5, 0.6) is 11.5 Å². The lowest BCUT2D eigenvalue weighted by Gasteiger charge is -2.14. The van der Waals surface area contributed by atoms with Crippen LogP contribution in [-0.2, 0) is 6.18 Å². The number of benzene rings is 1. The van der Waals surface area contributed by atoms with Gasteiger partial charge in [-0.2, -0.15) is 13.2 Å². The number of alkyl halides is 3. The van der Waals surface area contributed by atoms with E-state index < -0.39 is 17.3 Å². The van der Waals surface area contributed by atoms with E-state index in [0.29, 0.717) is 0 Å². The van der Waals surface area contributed by atoms with Gasteiger partial charge in [0.2, 0.25) is 0 Å². The number of methoxy groups -OCH3 is 2. The van der Waals surface area contributed by atoms with E-state index in [9.17, 15) is 18.0 Å². The molecule has 0 N–H and O–H groups in total. The Balaban J connectivity index is 3.49. The van der Waals surface area contributed by atoms with Crippen LogP contribution in [0.3, 0.4) is 0 Å². The van der Waals surface area contributed by atoms with Gasteiger partial charge in [0.1, 0.15) is 11.5 Å². The number of aldehydes is 1. The summed E-state index contributed by atoms with van der Waals surface area (Å²) in [6.07, 6.45) is -4.51. The van der Waals surface area contributed by atoms with Gasteiger partial charge >= 0.3 is 6.18 Å². The number of ether oxygens (including phenoxy) is 2. The molecule has 0 fully saturated rings. The molecule has 0 amide bonds. The van der Waals surface area contributed by atoms with Gasteiger partial charge in [-0.1, -0.05) is 0 Å². The first-order valence-corrected chi connectivity index (χ1v) is 4.22. The minimum atomic E-state index is -4.63. The van der Waals surface area contributed by atoms with Crippen LogP contribution in [0, 0.1) is 0 Å². The van der Waals surface area contributed by atoms with Gasteiger partial charge in [0.25, 0.3) is 0 Å². The first-order valence-electron chi connectivity index (χ1n) is 4.22. The number of rotatable bonds is 3. The summed E-state index contributed by atoms with van der Waals surface area (Å²) in [5.41, 5.74) is -1.60. The summed E-state index contributed by atoms with van der Waals surface area (Å²) >= 11 is 0. The third kappa shape index (κ3) is 2.26. The zero-order valence-corrected chi connectivity index (χ0v) is 8.59. The minimum absolute atomic E-state index is 0.0187. The van der Waals surface area contributed by atoms with Crippen LogP contribution in [0.1, 0.15) is 15.9 Å². The molecular formula is C10H9F3O3. The molecule has 0 atom stereocenters. The second-order valence-electron chi connectivity index (χ2n) is 2.91. The van der Waals surface area contributed by atoms with Crippen molar-refractivity contribution in [2.24, 2.45) is 0 Å². The Morgan fingerprint density at radius 3 is 2.19 bits per heavy atom. The summed E-state index contributed by atoms with van der Waals surface area (Å²) in [4.78, 5) is 10.6. The van der Waals surface area contributed by atoms with Crippen LogP contribution >= 0.6 is 0 Å². The fourth-order valence-electron chi connectivity index (χ4n) is 1.24. The predicted octanol–water partition coefficient (Wildman–Crippen LogP) is 2.54. The highest BCUT2D eigenvalue weighted by Gasteiger charge is 2.35. The fraction of sp³-hybridized carbons (Fsp3) is 0.300. The van der Waals surface area contributed by atoms with Crippen molar-refractivity contribution in [3.05, 3.63) is 23.3 Å². The van der Waals surface area contributed by atoms with Gasteiger partial charge < -0.3 is 9.47 Å². The van der Waals surface area contributed by atoms with Crippen molar-refractivity contribution in [3.63, 3.8) is 0 Å². The van der Waals surface area contributed by atoms with Gasteiger partial charge in [0.05, 0.1) is 25.3 Å². The van der Waals surface area contributed by atoms with Crippen molar-refractivity contribution in [2.75, 3.05) is 14.2 Å². The normalized spacial score (nSPS) is 11.1. The number of hydrogen-bond donors (Lipinski definition) is 0. The lowest BCUT2D eigenvalue weighted by Crippen LogP contribution is -2.10. The molecule has 0 aliphatic rings. The summed E-state index contributed by atoms with van der Waals surface area (Å²) < 4.78 is 47.2. The Hall–Kier alpha value is -1.72. The highest BCUT2D eigenvalue weighted by Crippen LogP contribution is 2.38. The second-order valence-corrected chi connectivity index (χ2v) is 2.91. The van der Waals surface area contributed by atoms with Gasteiger partial charge in [-0.05, 0) is 6.07 Å². The molecule has 1 aromatic rings. The third-order valence-corrected chi connectivity index (χ3v) is 1.99. The van der Waals surface area contributed by atoms with E-state index >= 15 is 0 Å². The number of halogens is 3. The highest BCUT2D eigenvalue weighted by molar-refractivity contribution is 5.82. The maximum atomic E-state index is 12.6. The molecule has 0 spiro atoms.